The monoisotopic (exact) mass is 399 g/mol. The van der Waals surface area contributed by atoms with Gasteiger partial charge >= 0.3 is 0 Å². The summed E-state index contributed by atoms with van der Waals surface area (Å²) in [6.45, 7) is 1.24. The van der Waals surface area contributed by atoms with Crippen molar-refractivity contribution in [1.29, 1.82) is 0 Å². The number of nitrogens with zero attached hydrogens (tertiary/aromatic N) is 5. The second kappa shape index (κ2) is 7.97. The van der Waals surface area contributed by atoms with E-state index in [1.54, 1.807) is 48.6 Å². The lowest BCUT2D eigenvalue weighted by atomic mass is 10.1. The van der Waals surface area contributed by atoms with Crippen molar-refractivity contribution in [2.45, 2.75) is 25.4 Å². The molecule has 1 atom stereocenters. The quantitative estimate of drug-likeness (QED) is 0.634. The molecule has 3 heterocycles. The van der Waals surface area contributed by atoms with Gasteiger partial charge in [0, 0.05) is 12.1 Å². The fourth-order valence-corrected chi connectivity index (χ4v) is 4.09. The van der Waals surface area contributed by atoms with Crippen LogP contribution in [0.4, 0.5) is 0 Å². The number of hydrogen-bond acceptors (Lipinski definition) is 7. The highest BCUT2D eigenvalue weighted by atomic mass is 32.1. The van der Waals surface area contributed by atoms with Crippen molar-refractivity contribution >= 4 is 17.2 Å². The first kappa shape index (κ1) is 18.4. The fourth-order valence-electron chi connectivity index (χ4n) is 3.44. The van der Waals surface area contributed by atoms with E-state index in [0.717, 1.165) is 17.7 Å². The Morgan fingerprint density at radius 1 is 1.25 bits per heavy atom. The van der Waals surface area contributed by atoms with Gasteiger partial charge in [-0.1, -0.05) is 6.07 Å². The van der Waals surface area contributed by atoms with Crippen LogP contribution in [0.1, 0.15) is 23.2 Å². The third-order valence-corrected chi connectivity index (χ3v) is 5.70. The molecule has 0 spiro atoms. The van der Waals surface area contributed by atoms with E-state index in [1.165, 1.54) is 0 Å². The molecule has 8 nitrogen and oxygen atoms in total. The minimum Gasteiger partial charge on any atom is -0.493 e. The Bertz CT molecular complexity index is 956. The molecule has 2 aromatic heterocycles. The van der Waals surface area contributed by atoms with Crippen LogP contribution >= 0.6 is 11.3 Å². The van der Waals surface area contributed by atoms with E-state index >= 15 is 0 Å². The number of hydrogen-bond donors (Lipinski definition) is 0. The number of amides is 1. The third-order valence-electron chi connectivity index (χ3n) is 4.84. The lowest BCUT2D eigenvalue weighted by molar-refractivity contribution is 0.0717. The molecule has 0 unspecified atom stereocenters. The molecule has 1 saturated heterocycles. The highest BCUT2D eigenvalue weighted by molar-refractivity contribution is 7.13. The minimum absolute atomic E-state index is 0.0259. The first-order valence-electron chi connectivity index (χ1n) is 9.04. The molecule has 1 aliphatic heterocycles. The van der Waals surface area contributed by atoms with Crippen LogP contribution in [0.5, 0.6) is 11.5 Å². The molecular weight excluding hydrogens is 378 g/mol. The Labute approximate surface area is 166 Å². The molecule has 1 amide bonds. The van der Waals surface area contributed by atoms with Gasteiger partial charge in [0.05, 0.1) is 31.7 Å². The zero-order chi connectivity index (χ0) is 19.5. The van der Waals surface area contributed by atoms with Crippen molar-refractivity contribution in [2.24, 2.45) is 0 Å². The van der Waals surface area contributed by atoms with E-state index in [1.807, 2.05) is 22.4 Å². The van der Waals surface area contributed by atoms with Gasteiger partial charge in [0.1, 0.15) is 0 Å². The van der Waals surface area contributed by atoms with Crippen LogP contribution in [0.25, 0.3) is 10.7 Å². The summed E-state index contributed by atoms with van der Waals surface area (Å²) < 4.78 is 10.6. The molecule has 1 aromatic carbocycles. The van der Waals surface area contributed by atoms with Crippen molar-refractivity contribution in [3.63, 3.8) is 0 Å². The molecule has 9 heteroatoms. The molecule has 4 rings (SSSR count). The second-order valence-corrected chi connectivity index (χ2v) is 7.46. The number of carbonyl (C=O) groups is 1. The number of methoxy groups -OCH3 is 2. The number of thiophene rings is 1. The van der Waals surface area contributed by atoms with Crippen LogP contribution in [0, 0.1) is 0 Å². The van der Waals surface area contributed by atoms with Gasteiger partial charge in [-0.2, -0.15) is 4.80 Å². The van der Waals surface area contributed by atoms with Gasteiger partial charge in [-0.3, -0.25) is 4.79 Å². The number of ether oxygens (including phenoxy) is 2. The standard InChI is InChI=1S/C19H21N5O3S/c1-26-15-8-7-13(11-16(15)27-2)19(25)23-9-3-5-14(23)12-24-21-18(20-22-24)17-6-4-10-28-17/h4,6-8,10-11,14H,3,5,9,12H2,1-2H3/t14-/m0/s1. The zero-order valence-electron chi connectivity index (χ0n) is 15.7. The third kappa shape index (κ3) is 3.57. The molecule has 0 aliphatic carbocycles. The number of aromatic nitrogens is 4. The largest absolute Gasteiger partial charge is 0.493 e. The van der Waals surface area contributed by atoms with Crippen molar-refractivity contribution in [3.8, 4) is 22.2 Å². The number of tetrazole rings is 1. The molecular formula is C19H21N5O3S. The molecule has 1 fully saturated rings. The zero-order valence-corrected chi connectivity index (χ0v) is 16.6. The van der Waals surface area contributed by atoms with Gasteiger partial charge in [0.15, 0.2) is 11.5 Å². The second-order valence-electron chi connectivity index (χ2n) is 6.51. The lowest BCUT2D eigenvalue weighted by Gasteiger charge is -2.24. The van der Waals surface area contributed by atoms with Crippen molar-refractivity contribution < 1.29 is 14.3 Å². The van der Waals surface area contributed by atoms with Crippen LogP contribution in [0.2, 0.25) is 0 Å². The molecule has 146 valence electrons. The Kier molecular flexibility index (Phi) is 5.25. The molecule has 0 radical (unpaired) electrons. The van der Waals surface area contributed by atoms with Gasteiger partial charge in [0.2, 0.25) is 5.82 Å². The average Bonchev–Trinajstić information content (AvgIpc) is 3.48. The first-order valence-corrected chi connectivity index (χ1v) is 9.92. The van der Waals surface area contributed by atoms with E-state index in [0.29, 0.717) is 36.0 Å². The van der Waals surface area contributed by atoms with E-state index in [9.17, 15) is 4.79 Å². The summed E-state index contributed by atoms with van der Waals surface area (Å²) in [5, 5.41) is 14.7. The SMILES string of the molecule is COc1ccc(C(=O)N2CCC[C@H]2Cn2nnc(-c3cccs3)n2)cc1OC. The van der Waals surface area contributed by atoms with Crippen LogP contribution in [-0.4, -0.2) is 57.8 Å². The number of carbonyl (C=O) groups excluding carboxylic acids is 1. The van der Waals surface area contributed by atoms with E-state index in [-0.39, 0.29) is 11.9 Å². The summed E-state index contributed by atoms with van der Waals surface area (Å²) in [4.78, 5) is 17.5. The molecule has 0 saturated carbocycles. The topological polar surface area (TPSA) is 82.4 Å². The Morgan fingerprint density at radius 2 is 2.11 bits per heavy atom. The number of likely N-dealkylation sites (tertiary alicyclic amines) is 1. The molecule has 28 heavy (non-hydrogen) atoms. The van der Waals surface area contributed by atoms with Crippen LogP contribution < -0.4 is 9.47 Å². The van der Waals surface area contributed by atoms with E-state index in [2.05, 4.69) is 15.4 Å². The summed E-state index contributed by atoms with van der Waals surface area (Å²) in [6, 6.07) is 9.20. The minimum atomic E-state index is -0.0259. The maximum absolute atomic E-state index is 13.1. The number of rotatable bonds is 6. The van der Waals surface area contributed by atoms with E-state index < -0.39 is 0 Å². The van der Waals surface area contributed by atoms with E-state index in [4.69, 9.17) is 9.47 Å². The number of benzene rings is 1. The lowest BCUT2D eigenvalue weighted by Crippen LogP contribution is -2.38. The normalized spacial score (nSPS) is 16.4. The summed E-state index contributed by atoms with van der Waals surface area (Å²) in [6.07, 6.45) is 1.87. The van der Waals surface area contributed by atoms with Gasteiger partial charge in [-0.15, -0.1) is 21.5 Å². The molecule has 0 N–H and O–H groups in total. The maximum Gasteiger partial charge on any atom is 0.254 e. The van der Waals surface area contributed by atoms with Crippen LogP contribution in [0.3, 0.4) is 0 Å². The maximum atomic E-state index is 13.1. The Hall–Kier alpha value is -2.94. The van der Waals surface area contributed by atoms with Gasteiger partial charge in [0.25, 0.3) is 5.91 Å². The summed E-state index contributed by atoms with van der Waals surface area (Å²) in [7, 11) is 3.14. The Morgan fingerprint density at radius 3 is 2.86 bits per heavy atom. The van der Waals surface area contributed by atoms with Gasteiger partial charge in [-0.05, 0) is 47.7 Å². The highest BCUT2D eigenvalue weighted by Gasteiger charge is 2.31. The van der Waals surface area contributed by atoms with Crippen molar-refractivity contribution in [1.82, 2.24) is 25.1 Å². The Balaban J connectivity index is 1.50. The van der Waals surface area contributed by atoms with Crippen LogP contribution in [0.15, 0.2) is 35.7 Å². The van der Waals surface area contributed by atoms with Crippen LogP contribution in [-0.2, 0) is 6.54 Å². The predicted molar refractivity (Wildman–Crippen MR) is 105 cm³/mol. The summed E-state index contributed by atoms with van der Waals surface area (Å²) in [5.74, 6) is 1.74. The highest BCUT2D eigenvalue weighted by Crippen LogP contribution is 2.29. The van der Waals surface area contributed by atoms with Crippen molar-refractivity contribution in [2.75, 3.05) is 20.8 Å². The summed E-state index contributed by atoms with van der Waals surface area (Å²) in [5.41, 5.74) is 0.579. The predicted octanol–water partition coefficient (Wildman–Crippen LogP) is 2.72. The first-order chi connectivity index (χ1) is 13.7. The smallest absolute Gasteiger partial charge is 0.254 e. The van der Waals surface area contributed by atoms with Crippen molar-refractivity contribution in [3.05, 3.63) is 41.3 Å². The molecule has 0 bridgehead atoms. The van der Waals surface area contributed by atoms with Gasteiger partial charge in [-0.25, -0.2) is 0 Å². The molecule has 3 aromatic rings. The summed E-state index contributed by atoms with van der Waals surface area (Å²) >= 11 is 1.58. The molecule has 1 aliphatic rings. The fraction of sp³-hybridized carbons (Fsp3) is 0.368. The average molecular weight is 399 g/mol. The van der Waals surface area contributed by atoms with Gasteiger partial charge < -0.3 is 14.4 Å².